The van der Waals surface area contributed by atoms with Crippen LogP contribution in [0.15, 0.2) is 65.9 Å². The highest BCUT2D eigenvalue weighted by molar-refractivity contribution is 5.99. The molecule has 0 amide bonds. The summed E-state index contributed by atoms with van der Waals surface area (Å²) in [6.45, 7) is 0.329. The Morgan fingerprint density at radius 1 is 0.963 bits per heavy atom. The zero-order valence-corrected chi connectivity index (χ0v) is 14.0. The molecule has 0 aliphatic carbocycles. The minimum Gasteiger partial charge on any atom is -0.365 e. The fraction of sp³-hybridized carbons (Fsp3) is 0.100. The van der Waals surface area contributed by atoms with Crippen molar-refractivity contribution in [1.29, 1.82) is 5.26 Å². The van der Waals surface area contributed by atoms with Gasteiger partial charge in [0, 0.05) is 12.4 Å². The monoisotopic (exact) mass is 361 g/mol. The van der Waals surface area contributed by atoms with Gasteiger partial charge in [-0.3, -0.25) is 4.98 Å². The number of nitrogens with one attached hydrogen (secondary N) is 1. The summed E-state index contributed by atoms with van der Waals surface area (Å²) in [4.78, 5) is 12.7. The minimum absolute atomic E-state index is 0.329. The number of benzene rings is 1. The lowest BCUT2D eigenvalue weighted by Crippen LogP contribution is -2.32. The van der Waals surface area contributed by atoms with Gasteiger partial charge in [0.2, 0.25) is 5.95 Å². The topological polar surface area (TPSA) is 74.0 Å². The molecule has 0 fully saturated rings. The lowest BCUT2D eigenvalue weighted by Gasteiger charge is -2.26. The summed E-state index contributed by atoms with van der Waals surface area (Å²) in [6, 6.07) is 14.2. The molecule has 1 atom stereocenters. The summed E-state index contributed by atoms with van der Waals surface area (Å²) < 4.78 is 27.2. The first kappa shape index (κ1) is 16.8. The van der Waals surface area contributed by atoms with Crippen molar-refractivity contribution in [3.63, 3.8) is 0 Å². The zero-order chi connectivity index (χ0) is 18.9. The van der Waals surface area contributed by atoms with E-state index < -0.39 is 11.5 Å². The van der Waals surface area contributed by atoms with E-state index in [1.54, 1.807) is 30.3 Å². The Bertz CT molecular complexity index is 1070. The third-order valence-corrected chi connectivity index (χ3v) is 4.47. The lowest BCUT2D eigenvalue weighted by atomic mass is 9.84. The molecule has 0 spiro atoms. The highest BCUT2D eigenvalue weighted by Gasteiger charge is 2.39. The van der Waals surface area contributed by atoms with Crippen molar-refractivity contribution in [2.45, 2.75) is 5.54 Å². The van der Waals surface area contributed by atoms with Crippen LogP contribution < -0.4 is 5.32 Å². The number of nitriles is 1. The molecule has 7 heteroatoms. The molecule has 1 aromatic carbocycles. The molecular formula is C20H13F2N5. The molecule has 0 bridgehead atoms. The molecule has 4 rings (SSSR count). The first-order valence-electron chi connectivity index (χ1n) is 8.19. The van der Waals surface area contributed by atoms with E-state index in [-0.39, 0.29) is 5.82 Å². The van der Waals surface area contributed by atoms with Gasteiger partial charge in [0.25, 0.3) is 0 Å². The number of rotatable bonds is 3. The Hall–Kier alpha value is -3.66. The van der Waals surface area contributed by atoms with Gasteiger partial charge in [-0.2, -0.15) is 9.65 Å². The van der Waals surface area contributed by atoms with Crippen LogP contribution in [0.2, 0.25) is 0 Å². The maximum atomic E-state index is 13.8. The van der Waals surface area contributed by atoms with Gasteiger partial charge < -0.3 is 5.32 Å². The molecule has 0 saturated carbocycles. The van der Waals surface area contributed by atoms with E-state index in [2.05, 4.69) is 21.4 Å². The number of amidine groups is 1. The minimum atomic E-state index is -0.961. The van der Waals surface area contributed by atoms with Crippen LogP contribution in [0.25, 0.3) is 0 Å². The third-order valence-electron chi connectivity index (χ3n) is 4.47. The van der Waals surface area contributed by atoms with Crippen LogP contribution in [0.5, 0.6) is 0 Å². The number of hydrogen-bond acceptors (Lipinski definition) is 5. The van der Waals surface area contributed by atoms with E-state index in [0.29, 0.717) is 34.8 Å². The largest absolute Gasteiger partial charge is 0.365 e. The maximum absolute atomic E-state index is 13.8. The van der Waals surface area contributed by atoms with Gasteiger partial charge in [0.15, 0.2) is 0 Å². The van der Waals surface area contributed by atoms with Crippen molar-refractivity contribution in [3.8, 4) is 6.07 Å². The molecule has 1 aliphatic heterocycles. The molecule has 1 N–H and O–H groups in total. The van der Waals surface area contributed by atoms with Crippen molar-refractivity contribution in [3.05, 3.63) is 95.1 Å². The highest BCUT2D eigenvalue weighted by Crippen LogP contribution is 2.36. The Kier molecular flexibility index (Phi) is 4.09. The number of nitrogens with zero attached hydrogens (tertiary/aromatic N) is 4. The third kappa shape index (κ3) is 3.02. The number of aromatic nitrogens is 2. The van der Waals surface area contributed by atoms with Crippen molar-refractivity contribution in [2.75, 3.05) is 6.54 Å². The summed E-state index contributed by atoms with van der Waals surface area (Å²) in [6.07, 6.45) is 2.90. The van der Waals surface area contributed by atoms with Crippen molar-refractivity contribution in [1.82, 2.24) is 15.3 Å². The Morgan fingerprint density at radius 2 is 1.74 bits per heavy atom. The zero-order valence-electron chi connectivity index (χ0n) is 14.0. The summed E-state index contributed by atoms with van der Waals surface area (Å²) in [7, 11) is 0. The molecule has 1 unspecified atom stereocenters. The maximum Gasteiger partial charge on any atom is 0.213 e. The first-order chi connectivity index (χ1) is 13.1. The molecule has 2 aromatic heterocycles. The highest BCUT2D eigenvalue weighted by atomic mass is 19.1. The average Bonchev–Trinajstić information content (AvgIpc) is 3.15. The Balaban J connectivity index is 1.88. The second-order valence-corrected chi connectivity index (χ2v) is 6.09. The van der Waals surface area contributed by atoms with E-state index in [1.807, 2.05) is 0 Å². The quantitative estimate of drug-likeness (QED) is 0.728. The van der Waals surface area contributed by atoms with Gasteiger partial charge in [-0.1, -0.05) is 12.1 Å². The molecular weight excluding hydrogens is 348 g/mol. The predicted molar refractivity (Wildman–Crippen MR) is 94.9 cm³/mol. The summed E-state index contributed by atoms with van der Waals surface area (Å²) in [5, 5.41) is 12.3. The van der Waals surface area contributed by atoms with Crippen molar-refractivity contribution in [2.24, 2.45) is 4.99 Å². The van der Waals surface area contributed by atoms with Crippen molar-refractivity contribution < 1.29 is 8.78 Å². The van der Waals surface area contributed by atoms with Crippen LogP contribution in [0, 0.1) is 23.1 Å². The van der Waals surface area contributed by atoms with Gasteiger partial charge in [-0.25, -0.2) is 14.4 Å². The number of halogens is 2. The fourth-order valence-electron chi connectivity index (χ4n) is 3.14. The standard InChI is InChI=1S/C20H13F2N5/c21-16-3-1-14(2-4-16)20(15-6-8-25-18(22)10-15)12-26-19(27-20)17-9-13(11-23)5-7-24-17/h1-10H,12H2,(H,26,27). The first-order valence-corrected chi connectivity index (χ1v) is 8.19. The lowest BCUT2D eigenvalue weighted by molar-refractivity contribution is 0.541. The van der Waals surface area contributed by atoms with Crippen LogP contribution in [-0.2, 0) is 5.54 Å². The molecule has 1 aliphatic rings. The molecule has 5 nitrogen and oxygen atoms in total. The van der Waals surface area contributed by atoms with Crippen LogP contribution in [0.3, 0.4) is 0 Å². The van der Waals surface area contributed by atoms with Gasteiger partial charge >= 0.3 is 0 Å². The number of aliphatic imine (C=N–C) groups is 1. The van der Waals surface area contributed by atoms with Crippen molar-refractivity contribution >= 4 is 5.84 Å². The van der Waals surface area contributed by atoms with Gasteiger partial charge in [0.05, 0.1) is 18.2 Å². The van der Waals surface area contributed by atoms with Gasteiger partial charge in [0.1, 0.15) is 22.9 Å². The molecule has 0 saturated heterocycles. The Morgan fingerprint density at radius 3 is 2.48 bits per heavy atom. The van der Waals surface area contributed by atoms with Gasteiger partial charge in [-0.05, 0) is 47.5 Å². The smallest absolute Gasteiger partial charge is 0.213 e. The van der Waals surface area contributed by atoms with Crippen LogP contribution in [-0.4, -0.2) is 22.3 Å². The van der Waals surface area contributed by atoms with E-state index >= 15 is 0 Å². The number of hydrogen-bond donors (Lipinski definition) is 1. The fourth-order valence-corrected chi connectivity index (χ4v) is 3.14. The van der Waals surface area contributed by atoms with E-state index in [4.69, 9.17) is 10.3 Å². The molecule has 27 heavy (non-hydrogen) atoms. The predicted octanol–water partition coefficient (Wildman–Crippen LogP) is 2.92. The van der Waals surface area contributed by atoms with E-state index in [1.165, 1.54) is 30.6 Å². The van der Waals surface area contributed by atoms with E-state index in [9.17, 15) is 8.78 Å². The average molecular weight is 361 g/mol. The summed E-state index contributed by atoms with van der Waals surface area (Å²) in [5.74, 6) is -0.510. The second-order valence-electron chi connectivity index (χ2n) is 6.09. The molecule has 3 heterocycles. The molecule has 3 aromatic rings. The second kappa shape index (κ2) is 6.57. The van der Waals surface area contributed by atoms with Crippen LogP contribution >= 0.6 is 0 Å². The van der Waals surface area contributed by atoms with Crippen LogP contribution in [0.4, 0.5) is 8.78 Å². The Labute approximate surface area is 154 Å². The SMILES string of the molecule is N#Cc1ccnc(C2=NC(c3ccc(F)cc3)(c3ccnc(F)c3)CN2)c1. The number of pyridine rings is 2. The van der Waals surface area contributed by atoms with Crippen LogP contribution in [0.1, 0.15) is 22.4 Å². The van der Waals surface area contributed by atoms with E-state index in [0.717, 1.165) is 0 Å². The van der Waals surface area contributed by atoms with Gasteiger partial charge in [-0.15, -0.1) is 0 Å². The normalized spacial score (nSPS) is 18.5. The molecule has 0 radical (unpaired) electrons. The summed E-state index contributed by atoms with van der Waals surface area (Å²) in [5.41, 5.74) is 1.29. The summed E-state index contributed by atoms with van der Waals surface area (Å²) >= 11 is 0. The molecule has 132 valence electrons.